The fourth-order valence-electron chi connectivity index (χ4n) is 3.88. The summed E-state index contributed by atoms with van der Waals surface area (Å²) in [7, 11) is 1.29. The smallest absolute Gasteiger partial charge is 0.397 e. The monoisotopic (exact) mass is 506 g/mol. The van der Waals surface area contributed by atoms with E-state index in [9.17, 15) is 32.3 Å². The van der Waals surface area contributed by atoms with Crippen LogP contribution < -0.4 is 10.6 Å². The number of esters is 2. The molecule has 2 aromatic rings. The van der Waals surface area contributed by atoms with E-state index < -0.39 is 47.8 Å². The molecule has 192 valence electrons. The summed E-state index contributed by atoms with van der Waals surface area (Å²) in [5, 5.41) is 4.82. The molecule has 0 saturated heterocycles. The second kappa shape index (κ2) is 10.8. The van der Waals surface area contributed by atoms with Crippen LogP contribution >= 0.6 is 0 Å². The van der Waals surface area contributed by atoms with Crippen LogP contribution in [0.2, 0.25) is 0 Å². The number of halogens is 3. The maximum absolute atomic E-state index is 12.9. The second-order valence-electron chi connectivity index (χ2n) is 8.43. The fraction of sp³-hybridized carbons (Fsp3) is 0.360. The lowest BCUT2D eigenvalue weighted by Crippen LogP contribution is -2.51. The number of hydrogen-bond acceptors (Lipinski definition) is 6. The number of rotatable bonds is 9. The van der Waals surface area contributed by atoms with Gasteiger partial charge in [-0.05, 0) is 29.2 Å². The number of benzene rings is 2. The molecule has 3 rings (SSSR count). The number of methoxy groups -OCH3 is 1. The molecule has 8 nitrogen and oxygen atoms in total. The molecule has 1 aliphatic carbocycles. The van der Waals surface area contributed by atoms with E-state index in [2.05, 4.69) is 10.6 Å². The van der Waals surface area contributed by atoms with E-state index in [0.29, 0.717) is 16.7 Å². The molecule has 0 bridgehead atoms. The molecule has 11 heteroatoms. The molecule has 1 aliphatic rings. The summed E-state index contributed by atoms with van der Waals surface area (Å²) < 4.78 is 47.5. The van der Waals surface area contributed by atoms with E-state index in [-0.39, 0.29) is 19.6 Å². The van der Waals surface area contributed by atoms with Gasteiger partial charge < -0.3 is 20.1 Å². The van der Waals surface area contributed by atoms with Crippen molar-refractivity contribution in [1.82, 2.24) is 10.6 Å². The number of ether oxygens (including phenoxy) is 2. The first-order valence-corrected chi connectivity index (χ1v) is 11.0. The number of carbonyl (C=O) groups is 4. The molecule has 0 heterocycles. The predicted octanol–water partition coefficient (Wildman–Crippen LogP) is 3.15. The highest BCUT2D eigenvalue weighted by molar-refractivity contribution is 5.97. The highest BCUT2D eigenvalue weighted by atomic mass is 19.4. The summed E-state index contributed by atoms with van der Waals surface area (Å²) in [5.41, 5.74) is 0.891. The van der Waals surface area contributed by atoms with Gasteiger partial charge in [-0.3, -0.25) is 14.4 Å². The van der Waals surface area contributed by atoms with Gasteiger partial charge in [0.05, 0.1) is 19.3 Å². The van der Waals surface area contributed by atoms with E-state index in [1.807, 2.05) is 0 Å². The van der Waals surface area contributed by atoms with E-state index in [1.165, 1.54) is 14.0 Å². The Morgan fingerprint density at radius 3 is 2.33 bits per heavy atom. The van der Waals surface area contributed by atoms with Crippen LogP contribution in [0.5, 0.6) is 0 Å². The van der Waals surface area contributed by atoms with Crippen LogP contribution in [0, 0.1) is 5.92 Å². The van der Waals surface area contributed by atoms with Gasteiger partial charge in [0.15, 0.2) is 0 Å². The van der Waals surface area contributed by atoms with Gasteiger partial charge in [-0.1, -0.05) is 42.5 Å². The molecule has 0 spiro atoms. The van der Waals surface area contributed by atoms with Crippen LogP contribution in [-0.2, 0) is 30.4 Å². The Morgan fingerprint density at radius 2 is 1.72 bits per heavy atom. The van der Waals surface area contributed by atoms with Crippen LogP contribution in [0.1, 0.15) is 35.7 Å². The summed E-state index contributed by atoms with van der Waals surface area (Å²) >= 11 is 0. The number of nitrogens with one attached hydrogen (secondary N) is 2. The van der Waals surface area contributed by atoms with E-state index in [4.69, 9.17) is 9.47 Å². The molecule has 1 saturated carbocycles. The van der Waals surface area contributed by atoms with Crippen LogP contribution in [0.3, 0.4) is 0 Å². The Bertz CT molecular complexity index is 1150. The highest BCUT2D eigenvalue weighted by Gasteiger charge is 2.61. The summed E-state index contributed by atoms with van der Waals surface area (Å²) in [6.07, 6.45) is -6.41. The number of hydrogen-bond donors (Lipinski definition) is 2. The molecule has 2 amide bonds. The lowest BCUT2D eigenvalue weighted by Gasteiger charge is -2.20. The summed E-state index contributed by atoms with van der Waals surface area (Å²) in [6.45, 7) is 0.998. The van der Waals surface area contributed by atoms with Crippen molar-refractivity contribution in [1.29, 1.82) is 0 Å². The lowest BCUT2D eigenvalue weighted by molar-refractivity contribution is -0.155. The topological polar surface area (TPSA) is 111 Å². The first-order chi connectivity index (χ1) is 16.9. The van der Waals surface area contributed by atoms with Crippen molar-refractivity contribution in [3.05, 3.63) is 59.7 Å². The average Bonchev–Trinajstić information content (AvgIpc) is 3.53. The maximum atomic E-state index is 12.9. The lowest BCUT2D eigenvalue weighted by atomic mass is 9.98. The number of alkyl halides is 3. The van der Waals surface area contributed by atoms with Crippen molar-refractivity contribution < 1.29 is 41.8 Å². The van der Waals surface area contributed by atoms with Crippen molar-refractivity contribution in [3.63, 3.8) is 0 Å². The fourth-order valence-corrected chi connectivity index (χ4v) is 3.88. The predicted molar refractivity (Wildman–Crippen MR) is 121 cm³/mol. The zero-order chi connectivity index (χ0) is 26.5. The minimum absolute atomic E-state index is 0.0366. The molecule has 0 unspecified atom stereocenters. The third-order valence-corrected chi connectivity index (χ3v) is 5.77. The van der Waals surface area contributed by atoms with Gasteiger partial charge in [0.25, 0.3) is 0 Å². The Kier molecular flexibility index (Phi) is 8.01. The van der Waals surface area contributed by atoms with Crippen LogP contribution in [0.15, 0.2) is 48.5 Å². The van der Waals surface area contributed by atoms with E-state index >= 15 is 0 Å². The number of amides is 2. The zero-order valence-corrected chi connectivity index (χ0v) is 19.6. The third kappa shape index (κ3) is 6.61. The largest absolute Gasteiger partial charge is 0.465 e. The van der Waals surface area contributed by atoms with Crippen molar-refractivity contribution in [3.8, 4) is 11.1 Å². The third-order valence-electron chi connectivity index (χ3n) is 5.77. The van der Waals surface area contributed by atoms with Crippen molar-refractivity contribution in [2.75, 3.05) is 13.7 Å². The van der Waals surface area contributed by atoms with E-state index in [0.717, 1.165) is 5.56 Å². The molecule has 2 aromatic carbocycles. The van der Waals surface area contributed by atoms with Gasteiger partial charge in [-0.2, -0.15) is 13.2 Å². The second-order valence-corrected chi connectivity index (χ2v) is 8.43. The Hall–Kier alpha value is -3.89. The quantitative estimate of drug-likeness (QED) is 0.506. The molecule has 0 radical (unpaired) electrons. The molecule has 2 N–H and O–H groups in total. The van der Waals surface area contributed by atoms with Crippen LogP contribution in [-0.4, -0.2) is 49.2 Å². The summed E-state index contributed by atoms with van der Waals surface area (Å²) in [4.78, 5) is 47.9. The SMILES string of the molecule is COC(=O)c1ccccc1-c1ccc(CNC(=O)[C@@]2(NC(=O)CC(F)(F)F)C[C@@H]2COC(C)=O)cc1. The van der Waals surface area contributed by atoms with Crippen molar-refractivity contribution in [2.24, 2.45) is 5.92 Å². The van der Waals surface area contributed by atoms with Crippen LogP contribution in [0.25, 0.3) is 11.1 Å². The van der Waals surface area contributed by atoms with Crippen molar-refractivity contribution >= 4 is 23.8 Å². The molecule has 2 atom stereocenters. The minimum Gasteiger partial charge on any atom is -0.465 e. The Balaban J connectivity index is 1.68. The van der Waals surface area contributed by atoms with Gasteiger partial charge in [0, 0.05) is 19.4 Å². The van der Waals surface area contributed by atoms with E-state index in [1.54, 1.807) is 48.5 Å². The van der Waals surface area contributed by atoms with Crippen LogP contribution in [0.4, 0.5) is 13.2 Å². The summed E-state index contributed by atoms with van der Waals surface area (Å²) in [6, 6.07) is 13.9. The number of carbonyl (C=O) groups excluding carboxylic acids is 4. The molecule has 0 aliphatic heterocycles. The first kappa shape index (κ1) is 26.7. The normalized spacial score (nSPS) is 18.6. The maximum Gasteiger partial charge on any atom is 0.397 e. The molecule has 36 heavy (non-hydrogen) atoms. The molecule has 0 aromatic heterocycles. The molecular formula is C25H25F3N2O6. The first-order valence-electron chi connectivity index (χ1n) is 11.0. The van der Waals surface area contributed by atoms with Gasteiger partial charge in [-0.25, -0.2) is 4.79 Å². The minimum atomic E-state index is -4.73. The zero-order valence-electron chi connectivity index (χ0n) is 19.6. The van der Waals surface area contributed by atoms with Crippen molar-refractivity contribution in [2.45, 2.75) is 38.0 Å². The standard InChI is InChI=1S/C25H25F3N2O6/c1-15(31)36-14-18-11-24(18,30-21(32)12-25(26,27)28)23(34)29-13-16-7-9-17(10-8-16)19-5-3-4-6-20(19)22(33)35-2/h3-10,18H,11-14H2,1-2H3,(H,29,34)(H,30,32)/t18-,24-/m1/s1. The Labute approximate surface area is 205 Å². The Morgan fingerprint density at radius 1 is 1.06 bits per heavy atom. The van der Waals surface area contributed by atoms with Gasteiger partial charge in [0.1, 0.15) is 12.0 Å². The highest BCUT2D eigenvalue weighted by Crippen LogP contribution is 2.44. The van der Waals surface area contributed by atoms with Gasteiger partial charge in [-0.15, -0.1) is 0 Å². The van der Waals surface area contributed by atoms with Gasteiger partial charge in [0.2, 0.25) is 11.8 Å². The molecular weight excluding hydrogens is 481 g/mol. The molecule has 1 fully saturated rings. The van der Waals surface area contributed by atoms with Gasteiger partial charge >= 0.3 is 18.1 Å². The summed E-state index contributed by atoms with van der Waals surface area (Å²) in [5.74, 6) is -3.73. The average molecular weight is 506 g/mol.